The highest BCUT2D eigenvalue weighted by molar-refractivity contribution is 7.25. The Labute approximate surface area is 408 Å². The van der Waals surface area contributed by atoms with E-state index in [0.717, 1.165) is 50.5 Å². The van der Waals surface area contributed by atoms with Gasteiger partial charge in [-0.2, -0.15) is 0 Å². The van der Waals surface area contributed by atoms with E-state index in [0.29, 0.717) is 5.84 Å². The van der Waals surface area contributed by atoms with Crippen LogP contribution >= 0.6 is 11.3 Å². The maximum Gasteiger partial charge on any atom is 0.159 e. The Balaban J connectivity index is 0.973. The van der Waals surface area contributed by atoms with Crippen LogP contribution in [0.2, 0.25) is 0 Å². The molecule has 13 aromatic rings. The number of amidine groups is 2. The molecule has 0 saturated carbocycles. The minimum absolute atomic E-state index is 0.433. The van der Waals surface area contributed by atoms with E-state index in [4.69, 9.17) is 9.98 Å². The summed E-state index contributed by atoms with van der Waals surface area (Å²) in [5.74, 6) is 1.46. The minimum Gasteiger partial charge on any atom is -0.344 e. The lowest BCUT2D eigenvalue weighted by molar-refractivity contribution is 0.674. The maximum absolute atomic E-state index is 5.45. The second-order valence-electron chi connectivity index (χ2n) is 18.2. The molecule has 2 aromatic heterocycles. The first-order valence-corrected chi connectivity index (χ1v) is 24.6. The van der Waals surface area contributed by atoms with Crippen LogP contribution in [-0.4, -0.2) is 16.2 Å². The molecule has 1 N–H and O–H groups in total. The van der Waals surface area contributed by atoms with Crippen molar-refractivity contribution in [3.05, 3.63) is 259 Å². The van der Waals surface area contributed by atoms with Crippen LogP contribution in [0, 0.1) is 0 Å². The number of aromatic nitrogens is 1. The first kappa shape index (κ1) is 40.2. The van der Waals surface area contributed by atoms with Crippen molar-refractivity contribution in [1.29, 1.82) is 0 Å². The molecule has 70 heavy (non-hydrogen) atoms. The SMILES string of the molecule is c1ccc(-c2ccc(C3=NC(c4ccc(-n5c6cc7ccccc7cc6c6c7ccccc7ccc65)c(-c5ccc6c(c5)sc5ccccc56)c4)NC(c4ccc(-c5ccccc5)cc4)=N3)cc2)cc1. The van der Waals surface area contributed by atoms with Gasteiger partial charge in [0.2, 0.25) is 0 Å². The number of rotatable bonds is 7. The highest BCUT2D eigenvalue weighted by Gasteiger charge is 2.25. The predicted octanol–water partition coefficient (Wildman–Crippen LogP) is 17.0. The number of thiophene rings is 1. The number of aliphatic imine (C=N–C) groups is 2. The Morgan fingerprint density at radius 2 is 0.971 bits per heavy atom. The lowest BCUT2D eigenvalue weighted by Gasteiger charge is -2.25. The topological polar surface area (TPSA) is 41.7 Å². The lowest BCUT2D eigenvalue weighted by Crippen LogP contribution is -2.33. The average molecular weight is 911 g/mol. The van der Waals surface area contributed by atoms with Gasteiger partial charge in [0.05, 0.1) is 16.7 Å². The molecule has 14 rings (SSSR count). The van der Waals surface area contributed by atoms with Gasteiger partial charge in [0.25, 0.3) is 0 Å². The van der Waals surface area contributed by atoms with Crippen molar-refractivity contribution < 1.29 is 0 Å². The van der Waals surface area contributed by atoms with Gasteiger partial charge in [0.1, 0.15) is 12.0 Å². The van der Waals surface area contributed by atoms with E-state index in [1.165, 1.54) is 74.6 Å². The zero-order valence-electron chi connectivity index (χ0n) is 37.9. The van der Waals surface area contributed by atoms with Gasteiger partial charge in [-0.1, -0.05) is 200 Å². The fourth-order valence-electron chi connectivity index (χ4n) is 10.6. The first-order valence-electron chi connectivity index (χ1n) is 23.8. The van der Waals surface area contributed by atoms with Crippen LogP contribution < -0.4 is 5.32 Å². The highest BCUT2D eigenvalue weighted by Crippen LogP contribution is 2.43. The van der Waals surface area contributed by atoms with Crippen molar-refractivity contribution in [3.8, 4) is 39.1 Å². The van der Waals surface area contributed by atoms with Crippen LogP contribution in [0.4, 0.5) is 0 Å². The molecule has 0 bridgehead atoms. The fraction of sp³-hybridized carbons (Fsp3) is 0.0154. The largest absolute Gasteiger partial charge is 0.344 e. The molecule has 1 unspecified atom stereocenters. The van der Waals surface area contributed by atoms with E-state index in [2.05, 4.69) is 253 Å². The normalized spacial score (nSPS) is 13.9. The highest BCUT2D eigenvalue weighted by atomic mass is 32.1. The monoisotopic (exact) mass is 910 g/mol. The molecule has 0 saturated heterocycles. The number of nitrogens with zero attached hydrogens (tertiary/aromatic N) is 3. The standard InChI is InChI=1S/C65H42N4S/c1-3-13-41(14-4-1)43-23-27-46(28-24-43)63-66-64(47-29-25-44(26-30-47)42-15-5-2-6-16-42)68-65(67-63)51-33-35-57(55(38-51)50-31-34-54-53-21-11-12-22-60(53)70-61(54)40-50)69-58-36-32-45-17-9-10-20-52(45)62(58)56-37-48-18-7-8-19-49(48)39-59(56)69/h1-40,65H,(H,66,67,68). The van der Waals surface area contributed by atoms with Crippen LogP contribution in [0.25, 0.3) is 103 Å². The molecule has 0 fully saturated rings. The van der Waals surface area contributed by atoms with Gasteiger partial charge in [-0.3, -0.25) is 0 Å². The third-order valence-electron chi connectivity index (χ3n) is 14.0. The zero-order valence-corrected chi connectivity index (χ0v) is 38.7. The van der Waals surface area contributed by atoms with Crippen molar-refractivity contribution >= 4 is 86.5 Å². The van der Waals surface area contributed by atoms with Gasteiger partial charge in [0.15, 0.2) is 5.84 Å². The Morgan fingerprint density at radius 1 is 0.386 bits per heavy atom. The van der Waals surface area contributed by atoms with Gasteiger partial charge in [-0.05, 0) is 97.4 Å². The number of benzene rings is 11. The molecule has 1 aliphatic rings. The quantitative estimate of drug-likeness (QED) is 0.170. The number of hydrogen-bond donors (Lipinski definition) is 1. The van der Waals surface area contributed by atoms with Crippen LogP contribution in [0.1, 0.15) is 22.9 Å². The Bertz CT molecular complexity index is 4240. The van der Waals surface area contributed by atoms with Gasteiger partial charge >= 0.3 is 0 Å². The third-order valence-corrected chi connectivity index (χ3v) is 15.2. The lowest BCUT2D eigenvalue weighted by atomic mass is 9.97. The summed E-state index contributed by atoms with van der Waals surface area (Å²) in [7, 11) is 0. The second-order valence-corrected chi connectivity index (χ2v) is 19.2. The van der Waals surface area contributed by atoms with E-state index in [-0.39, 0.29) is 0 Å². The van der Waals surface area contributed by atoms with Crippen LogP contribution in [0.3, 0.4) is 0 Å². The van der Waals surface area contributed by atoms with Crippen molar-refractivity contribution in [2.24, 2.45) is 9.98 Å². The summed E-state index contributed by atoms with van der Waals surface area (Å²) in [6, 6.07) is 87.8. The molecule has 3 heterocycles. The maximum atomic E-state index is 5.45. The van der Waals surface area contributed by atoms with E-state index in [1.54, 1.807) is 0 Å². The third kappa shape index (κ3) is 6.81. The second kappa shape index (κ2) is 16.4. The first-order chi connectivity index (χ1) is 34.7. The molecular weight excluding hydrogens is 869 g/mol. The molecule has 1 aliphatic heterocycles. The fourth-order valence-corrected chi connectivity index (χ4v) is 11.7. The summed E-state index contributed by atoms with van der Waals surface area (Å²) < 4.78 is 5.05. The summed E-state index contributed by atoms with van der Waals surface area (Å²) in [5, 5.41) is 13.8. The zero-order chi connectivity index (χ0) is 46.1. The van der Waals surface area contributed by atoms with E-state index in [9.17, 15) is 0 Å². The summed E-state index contributed by atoms with van der Waals surface area (Å²) in [6.07, 6.45) is -0.433. The van der Waals surface area contributed by atoms with E-state index < -0.39 is 6.17 Å². The average Bonchev–Trinajstić information content (AvgIpc) is 3.97. The molecule has 0 spiro atoms. The summed E-state index contributed by atoms with van der Waals surface area (Å²) in [6.45, 7) is 0. The molecule has 4 nitrogen and oxygen atoms in total. The van der Waals surface area contributed by atoms with E-state index in [1.807, 2.05) is 11.3 Å². The molecule has 1 atom stereocenters. The van der Waals surface area contributed by atoms with Crippen molar-refractivity contribution in [1.82, 2.24) is 9.88 Å². The number of nitrogens with one attached hydrogen (secondary N) is 1. The summed E-state index contributed by atoms with van der Waals surface area (Å²) in [5.41, 5.74) is 13.4. The van der Waals surface area contributed by atoms with Crippen LogP contribution in [0.5, 0.6) is 0 Å². The Morgan fingerprint density at radius 3 is 1.71 bits per heavy atom. The van der Waals surface area contributed by atoms with Crippen LogP contribution in [-0.2, 0) is 0 Å². The van der Waals surface area contributed by atoms with Crippen LogP contribution in [0.15, 0.2) is 253 Å². The van der Waals surface area contributed by atoms with Gasteiger partial charge in [-0.15, -0.1) is 11.3 Å². The smallest absolute Gasteiger partial charge is 0.159 e. The molecule has 0 aliphatic carbocycles. The van der Waals surface area contributed by atoms with Gasteiger partial charge in [0, 0.05) is 47.6 Å². The molecule has 328 valence electrons. The van der Waals surface area contributed by atoms with Gasteiger partial charge in [-0.25, -0.2) is 9.98 Å². The molecule has 11 aromatic carbocycles. The minimum atomic E-state index is -0.433. The molecule has 0 amide bonds. The summed E-state index contributed by atoms with van der Waals surface area (Å²) >= 11 is 1.85. The summed E-state index contributed by atoms with van der Waals surface area (Å²) in [4.78, 5) is 10.7. The van der Waals surface area contributed by atoms with Crippen molar-refractivity contribution in [3.63, 3.8) is 0 Å². The van der Waals surface area contributed by atoms with Crippen molar-refractivity contribution in [2.75, 3.05) is 0 Å². The molecular formula is C65H42N4S. The Hall–Kier alpha value is -8.90. The predicted molar refractivity (Wildman–Crippen MR) is 297 cm³/mol. The van der Waals surface area contributed by atoms with Gasteiger partial charge < -0.3 is 9.88 Å². The Kier molecular flexibility index (Phi) is 9.42. The number of fused-ring (bicyclic) bond motifs is 9. The van der Waals surface area contributed by atoms with E-state index >= 15 is 0 Å². The molecule has 5 heteroatoms. The molecule has 0 radical (unpaired) electrons. The van der Waals surface area contributed by atoms with Crippen molar-refractivity contribution in [2.45, 2.75) is 6.17 Å². The number of hydrogen-bond acceptors (Lipinski definition) is 4.